The highest BCUT2D eigenvalue weighted by Crippen LogP contribution is 2.34. The third kappa shape index (κ3) is 7.63. The Labute approximate surface area is 262 Å². The van der Waals surface area contributed by atoms with Crippen LogP contribution in [0.2, 0.25) is 0 Å². The van der Waals surface area contributed by atoms with Gasteiger partial charge < -0.3 is 20.5 Å². The van der Waals surface area contributed by atoms with E-state index in [0.717, 1.165) is 75.5 Å². The molecule has 7 heteroatoms. The molecule has 1 aliphatic carbocycles. The van der Waals surface area contributed by atoms with E-state index >= 15 is 0 Å². The molecule has 7 nitrogen and oxygen atoms in total. The lowest BCUT2D eigenvalue weighted by Crippen LogP contribution is -2.44. The molecule has 2 fully saturated rings. The smallest absolute Gasteiger partial charge is 0.237 e. The number of carbonyl (C=O) groups excluding carboxylic acids is 1. The van der Waals surface area contributed by atoms with Gasteiger partial charge in [-0.05, 0) is 98.2 Å². The van der Waals surface area contributed by atoms with Crippen LogP contribution in [0, 0.1) is 18.8 Å². The maximum absolute atomic E-state index is 13.9. The number of nitrogens with one attached hydrogen (secondary N) is 1. The van der Waals surface area contributed by atoms with Crippen molar-refractivity contribution < 1.29 is 14.3 Å². The molecule has 2 atom stereocenters. The average molecular weight is 597 g/mol. The predicted molar refractivity (Wildman–Crippen MR) is 174 cm³/mol. The topological polar surface area (TPSA) is 80.1 Å². The lowest BCUT2D eigenvalue weighted by atomic mass is 9.82. The van der Waals surface area contributed by atoms with Crippen molar-refractivity contribution in [2.24, 2.45) is 17.6 Å². The van der Waals surface area contributed by atoms with Crippen LogP contribution in [0.25, 0.3) is 0 Å². The minimum Gasteiger partial charge on any atom is -0.454 e. The number of ether oxygens (including phenoxy) is 2. The largest absolute Gasteiger partial charge is 0.454 e. The summed E-state index contributed by atoms with van der Waals surface area (Å²) < 4.78 is 11.2. The van der Waals surface area contributed by atoms with Gasteiger partial charge >= 0.3 is 0 Å². The van der Waals surface area contributed by atoms with Crippen LogP contribution in [0.3, 0.4) is 0 Å². The van der Waals surface area contributed by atoms with E-state index in [9.17, 15) is 4.79 Å². The highest BCUT2D eigenvalue weighted by Gasteiger charge is 2.39. The Hall–Kier alpha value is -3.39. The van der Waals surface area contributed by atoms with Gasteiger partial charge in [0.25, 0.3) is 0 Å². The second-order valence-corrected chi connectivity index (χ2v) is 13.0. The number of nitrogens with two attached hydrogens (primary N) is 1. The highest BCUT2D eigenvalue weighted by atomic mass is 16.7. The van der Waals surface area contributed by atoms with E-state index in [2.05, 4.69) is 88.8 Å². The first kappa shape index (κ1) is 30.6. The molecule has 3 aliphatic rings. The van der Waals surface area contributed by atoms with Gasteiger partial charge in [0.05, 0.1) is 6.04 Å². The Morgan fingerprint density at radius 1 is 0.932 bits per heavy atom. The maximum atomic E-state index is 13.9. The quantitative estimate of drug-likeness (QED) is 0.296. The van der Waals surface area contributed by atoms with E-state index in [0.29, 0.717) is 18.4 Å². The Morgan fingerprint density at radius 3 is 2.48 bits per heavy atom. The number of hydrogen-bond acceptors (Lipinski definition) is 6. The zero-order chi connectivity index (χ0) is 30.3. The van der Waals surface area contributed by atoms with Crippen molar-refractivity contribution in [3.05, 3.63) is 95.1 Å². The van der Waals surface area contributed by atoms with Crippen LogP contribution in [-0.2, 0) is 24.3 Å². The first-order chi connectivity index (χ1) is 21.6. The van der Waals surface area contributed by atoms with Gasteiger partial charge in [-0.25, -0.2) is 0 Å². The fraction of sp³-hybridized carbons (Fsp3) is 0.486. The van der Waals surface area contributed by atoms with Crippen molar-refractivity contribution in [2.45, 2.75) is 70.6 Å². The van der Waals surface area contributed by atoms with E-state index in [-0.39, 0.29) is 24.8 Å². The Morgan fingerprint density at radius 2 is 1.68 bits per heavy atom. The number of benzene rings is 3. The van der Waals surface area contributed by atoms with Crippen LogP contribution < -0.4 is 20.5 Å². The Kier molecular flexibility index (Phi) is 10.2. The van der Waals surface area contributed by atoms with Gasteiger partial charge in [0.2, 0.25) is 12.7 Å². The van der Waals surface area contributed by atoms with Crippen LogP contribution >= 0.6 is 0 Å². The summed E-state index contributed by atoms with van der Waals surface area (Å²) in [4.78, 5) is 18.9. The summed E-state index contributed by atoms with van der Waals surface area (Å²) in [6.45, 7) is 7.36. The van der Waals surface area contributed by atoms with Gasteiger partial charge in [0.1, 0.15) is 0 Å². The lowest BCUT2D eigenvalue weighted by Gasteiger charge is -2.30. The molecule has 3 N–H and O–H groups in total. The standard InChI is InChI=1S/C37H48N4O3/c1-27-7-5-6-10-32(27)24-40(18-17-28-8-3-2-4-9-28)33-20-34(37(42)39-22-30-13-11-29(21-38)12-14-30)41(25-33)23-31-15-16-35-36(19-31)44-26-43-35/h2-10,15-16,19,29-30,33-34H,11-14,17-18,20-26,38H2,1H3,(H,39,42). The second-order valence-electron chi connectivity index (χ2n) is 13.0. The molecule has 0 spiro atoms. The number of rotatable bonds is 12. The highest BCUT2D eigenvalue weighted by molar-refractivity contribution is 5.82. The zero-order valence-electron chi connectivity index (χ0n) is 26.1. The molecule has 1 saturated carbocycles. The SMILES string of the molecule is Cc1ccccc1CN(CCc1ccccc1)C1CC(C(=O)NCC2CCC(CN)CC2)N(Cc2ccc3c(c2)OCO3)C1. The summed E-state index contributed by atoms with van der Waals surface area (Å²) in [6.07, 6.45) is 6.45. The summed E-state index contributed by atoms with van der Waals surface area (Å²) in [5.74, 6) is 2.93. The summed E-state index contributed by atoms with van der Waals surface area (Å²) >= 11 is 0. The Bertz CT molecular complexity index is 1370. The molecule has 44 heavy (non-hydrogen) atoms. The fourth-order valence-electron chi connectivity index (χ4n) is 7.21. The van der Waals surface area contributed by atoms with Crippen molar-refractivity contribution in [1.29, 1.82) is 0 Å². The fourth-order valence-corrected chi connectivity index (χ4v) is 7.21. The van der Waals surface area contributed by atoms with Gasteiger partial charge in [0, 0.05) is 38.8 Å². The number of amides is 1. The van der Waals surface area contributed by atoms with Crippen molar-refractivity contribution in [2.75, 3.05) is 33.0 Å². The van der Waals surface area contributed by atoms with Crippen LogP contribution in [-0.4, -0.2) is 60.8 Å². The summed E-state index contributed by atoms with van der Waals surface area (Å²) in [7, 11) is 0. The second kappa shape index (κ2) is 14.6. The molecular formula is C37H48N4O3. The Balaban J connectivity index is 1.19. The molecule has 3 aromatic carbocycles. The molecule has 1 amide bonds. The molecule has 6 rings (SSSR count). The molecule has 0 radical (unpaired) electrons. The number of fused-ring (bicyclic) bond motifs is 1. The minimum absolute atomic E-state index is 0.160. The van der Waals surface area contributed by atoms with E-state index in [1.54, 1.807) is 0 Å². The van der Waals surface area contributed by atoms with Crippen LogP contribution in [0.15, 0.2) is 72.8 Å². The van der Waals surface area contributed by atoms with Crippen LogP contribution in [0.4, 0.5) is 0 Å². The number of likely N-dealkylation sites (tertiary alicyclic amines) is 1. The van der Waals surface area contributed by atoms with Crippen molar-refractivity contribution in [3.63, 3.8) is 0 Å². The van der Waals surface area contributed by atoms with Gasteiger partial charge in [-0.3, -0.25) is 14.6 Å². The van der Waals surface area contributed by atoms with Gasteiger partial charge in [0.15, 0.2) is 11.5 Å². The minimum atomic E-state index is -0.179. The molecular weight excluding hydrogens is 548 g/mol. The summed E-state index contributed by atoms with van der Waals surface area (Å²) in [5.41, 5.74) is 11.1. The number of hydrogen-bond donors (Lipinski definition) is 2. The van der Waals surface area contributed by atoms with Gasteiger partial charge in [-0.1, -0.05) is 60.7 Å². The van der Waals surface area contributed by atoms with Crippen molar-refractivity contribution in [1.82, 2.24) is 15.1 Å². The molecule has 0 bridgehead atoms. The molecule has 0 aromatic heterocycles. The average Bonchev–Trinajstić information content (AvgIpc) is 3.70. The summed E-state index contributed by atoms with van der Waals surface area (Å²) in [5, 5.41) is 3.39. The molecule has 2 heterocycles. The van der Waals surface area contributed by atoms with E-state index in [1.165, 1.54) is 29.5 Å². The number of nitrogens with zero attached hydrogens (tertiary/aromatic N) is 2. The zero-order valence-corrected chi connectivity index (χ0v) is 26.1. The predicted octanol–water partition coefficient (Wildman–Crippen LogP) is 5.29. The third-order valence-electron chi connectivity index (χ3n) is 10.1. The first-order valence-electron chi connectivity index (χ1n) is 16.5. The van der Waals surface area contributed by atoms with Crippen molar-refractivity contribution in [3.8, 4) is 11.5 Å². The summed E-state index contributed by atoms with van der Waals surface area (Å²) in [6, 6.07) is 25.7. The van der Waals surface area contributed by atoms with Gasteiger partial charge in [-0.15, -0.1) is 0 Å². The molecule has 1 saturated heterocycles. The number of aryl methyl sites for hydroxylation is 1. The molecule has 2 aliphatic heterocycles. The number of carbonyl (C=O) groups is 1. The molecule has 234 valence electrons. The van der Waals surface area contributed by atoms with Gasteiger partial charge in [-0.2, -0.15) is 0 Å². The normalized spacial score (nSPS) is 23.2. The first-order valence-corrected chi connectivity index (χ1v) is 16.5. The third-order valence-corrected chi connectivity index (χ3v) is 10.1. The van der Waals surface area contributed by atoms with E-state index in [1.807, 2.05) is 6.07 Å². The van der Waals surface area contributed by atoms with Crippen molar-refractivity contribution >= 4 is 5.91 Å². The van der Waals surface area contributed by atoms with Crippen LogP contribution in [0.5, 0.6) is 11.5 Å². The molecule has 2 unspecified atom stereocenters. The lowest BCUT2D eigenvalue weighted by molar-refractivity contribution is -0.125. The molecule has 3 aromatic rings. The maximum Gasteiger partial charge on any atom is 0.237 e. The van der Waals surface area contributed by atoms with E-state index < -0.39 is 0 Å². The van der Waals surface area contributed by atoms with E-state index in [4.69, 9.17) is 15.2 Å². The van der Waals surface area contributed by atoms with Crippen LogP contribution in [0.1, 0.15) is 54.4 Å². The monoisotopic (exact) mass is 596 g/mol.